The highest BCUT2D eigenvalue weighted by molar-refractivity contribution is 5.13. The number of ether oxygens (including phenoxy) is 1. The maximum absolute atomic E-state index is 8.53. The first-order chi connectivity index (χ1) is 7.88. The lowest BCUT2D eigenvalue weighted by molar-refractivity contribution is 0.0558. The zero-order valence-corrected chi connectivity index (χ0v) is 8.58. The van der Waals surface area contributed by atoms with Crippen molar-refractivity contribution in [1.82, 2.24) is 14.8 Å². The molecule has 1 heterocycles. The molecule has 0 radical (unpaired) electrons. The molecule has 5 heteroatoms. The van der Waals surface area contributed by atoms with Gasteiger partial charge >= 0.3 is 0 Å². The van der Waals surface area contributed by atoms with Gasteiger partial charge in [-0.2, -0.15) is 5.26 Å². The van der Waals surface area contributed by atoms with E-state index < -0.39 is 0 Å². The van der Waals surface area contributed by atoms with Crippen LogP contribution >= 0.6 is 0 Å². The Morgan fingerprint density at radius 3 is 2.81 bits per heavy atom. The number of nitriles is 1. The molecule has 0 aliphatic rings. The Balaban J connectivity index is 1.83. The van der Waals surface area contributed by atoms with E-state index in [4.69, 9.17) is 10.00 Å². The molecular weight excluding hydrogens is 204 g/mol. The van der Waals surface area contributed by atoms with Gasteiger partial charge in [0.05, 0.1) is 6.61 Å². The van der Waals surface area contributed by atoms with Gasteiger partial charge in [0.25, 0.3) is 5.82 Å². The fourth-order valence-electron chi connectivity index (χ4n) is 1.24. The van der Waals surface area contributed by atoms with Gasteiger partial charge in [-0.25, -0.2) is 9.67 Å². The van der Waals surface area contributed by atoms with Crippen LogP contribution in [-0.4, -0.2) is 14.8 Å². The van der Waals surface area contributed by atoms with Crippen molar-refractivity contribution in [3.8, 4) is 6.07 Å². The summed E-state index contributed by atoms with van der Waals surface area (Å²) >= 11 is 0. The van der Waals surface area contributed by atoms with Crippen LogP contribution in [0.25, 0.3) is 0 Å². The van der Waals surface area contributed by atoms with Crippen LogP contribution < -0.4 is 0 Å². The van der Waals surface area contributed by atoms with Gasteiger partial charge in [0.1, 0.15) is 19.1 Å². The monoisotopic (exact) mass is 214 g/mol. The zero-order chi connectivity index (χ0) is 11.2. The van der Waals surface area contributed by atoms with Crippen molar-refractivity contribution in [2.45, 2.75) is 13.3 Å². The molecule has 2 rings (SSSR count). The number of hydrogen-bond donors (Lipinski definition) is 0. The van der Waals surface area contributed by atoms with Gasteiger partial charge in [0, 0.05) is 0 Å². The SMILES string of the molecule is N#Cc1ncn(COCc2ccccc2)n1. The molecular formula is C11H10N4O. The number of aromatic nitrogens is 3. The van der Waals surface area contributed by atoms with Crippen molar-refractivity contribution in [3.05, 3.63) is 48.0 Å². The standard InChI is InChI=1S/C11H10N4O/c12-6-11-13-8-15(14-11)9-16-7-10-4-2-1-3-5-10/h1-5,8H,7,9H2. The lowest BCUT2D eigenvalue weighted by Gasteiger charge is -2.03. The smallest absolute Gasteiger partial charge is 0.252 e. The molecule has 0 atom stereocenters. The predicted octanol–water partition coefficient (Wildman–Crippen LogP) is 1.32. The van der Waals surface area contributed by atoms with Gasteiger partial charge in [-0.15, -0.1) is 5.10 Å². The lowest BCUT2D eigenvalue weighted by Crippen LogP contribution is -2.03. The fraction of sp³-hybridized carbons (Fsp3) is 0.182. The number of hydrogen-bond acceptors (Lipinski definition) is 4. The molecule has 1 aromatic heterocycles. The number of benzene rings is 1. The largest absolute Gasteiger partial charge is 0.355 e. The Morgan fingerprint density at radius 1 is 1.31 bits per heavy atom. The third-order valence-electron chi connectivity index (χ3n) is 1.97. The molecule has 16 heavy (non-hydrogen) atoms. The summed E-state index contributed by atoms with van der Waals surface area (Å²) in [6.07, 6.45) is 1.48. The molecule has 0 saturated heterocycles. The first kappa shape index (κ1) is 10.3. The molecule has 0 amide bonds. The number of rotatable bonds is 4. The summed E-state index contributed by atoms with van der Waals surface area (Å²) in [4.78, 5) is 3.77. The highest BCUT2D eigenvalue weighted by Crippen LogP contribution is 2.01. The van der Waals surface area contributed by atoms with Crippen LogP contribution in [-0.2, 0) is 18.1 Å². The van der Waals surface area contributed by atoms with Gasteiger partial charge in [0.15, 0.2) is 0 Å². The van der Waals surface area contributed by atoms with Gasteiger partial charge in [0.2, 0.25) is 0 Å². The van der Waals surface area contributed by atoms with E-state index in [1.165, 1.54) is 11.0 Å². The average molecular weight is 214 g/mol. The van der Waals surface area contributed by atoms with Crippen molar-refractivity contribution < 1.29 is 4.74 Å². The minimum atomic E-state index is 0.156. The molecule has 0 aliphatic heterocycles. The lowest BCUT2D eigenvalue weighted by atomic mass is 10.2. The molecule has 0 fully saturated rings. The van der Waals surface area contributed by atoms with Gasteiger partial charge < -0.3 is 4.74 Å². The van der Waals surface area contributed by atoms with Crippen LogP contribution in [0.15, 0.2) is 36.7 Å². The van der Waals surface area contributed by atoms with Crippen molar-refractivity contribution in [2.75, 3.05) is 0 Å². The summed E-state index contributed by atoms with van der Waals surface area (Å²) in [6, 6.07) is 11.7. The third kappa shape index (κ3) is 2.65. The minimum Gasteiger partial charge on any atom is -0.355 e. The molecule has 1 aromatic carbocycles. The Hall–Kier alpha value is -2.19. The first-order valence-corrected chi connectivity index (χ1v) is 4.80. The van der Waals surface area contributed by atoms with E-state index in [1.54, 1.807) is 0 Å². The Bertz CT molecular complexity index is 486. The molecule has 5 nitrogen and oxygen atoms in total. The van der Waals surface area contributed by atoms with Gasteiger partial charge in [-0.1, -0.05) is 30.3 Å². The highest BCUT2D eigenvalue weighted by atomic mass is 16.5. The minimum absolute atomic E-state index is 0.156. The molecule has 0 saturated carbocycles. The van der Waals surface area contributed by atoms with E-state index in [0.717, 1.165) is 5.56 Å². The maximum Gasteiger partial charge on any atom is 0.252 e. The normalized spacial score (nSPS) is 9.94. The van der Waals surface area contributed by atoms with E-state index in [9.17, 15) is 0 Å². The van der Waals surface area contributed by atoms with Crippen molar-refractivity contribution in [3.63, 3.8) is 0 Å². The maximum atomic E-state index is 8.53. The van der Waals surface area contributed by atoms with E-state index in [1.807, 2.05) is 36.4 Å². The summed E-state index contributed by atoms with van der Waals surface area (Å²) < 4.78 is 6.90. The average Bonchev–Trinajstić information content (AvgIpc) is 2.78. The van der Waals surface area contributed by atoms with Gasteiger partial charge in [-0.3, -0.25) is 0 Å². The third-order valence-corrected chi connectivity index (χ3v) is 1.97. The molecule has 0 bridgehead atoms. The van der Waals surface area contributed by atoms with E-state index >= 15 is 0 Å². The molecule has 2 aromatic rings. The Labute approximate surface area is 92.9 Å². The van der Waals surface area contributed by atoms with E-state index in [-0.39, 0.29) is 5.82 Å². The van der Waals surface area contributed by atoms with Crippen LogP contribution in [0.5, 0.6) is 0 Å². The Kier molecular flexibility index (Phi) is 3.26. The molecule has 80 valence electrons. The molecule has 0 N–H and O–H groups in total. The van der Waals surface area contributed by atoms with Crippen molar-refractivity contribution in [1.29, 1.82) is 5.26 Å². The van der Waals surface area contributed by atoms with Crippen molar-refractivity contribution in [2.24, 2.45) is 0 Å². The quantitative estimate of drug-likeness (QED) is 0.770. The molecule has 0 aliphatic carbocycles. The van der Waals surface area contributed by atoms with E-state index in [2.05, 4.69) is 10.1 Å². The summed E-state index contributed by atoms with van der Waals surface area (Å²) in [6.45, 7) is 0.812. The molecule has 0 spiro atoms. The van der Waals surface area contributed by atoms with Crippen LogP contribution in [0.4, 0.5) is 0 Å². The summed E-state index contributed by atoms with van der Waals surface area (Å²) in [7, 11) is 0. The second kappa shape index (κ2) is 5.05. The zero-order valence-electron chi connectivity index (χ0n) is 8.58. The molecule has 0 unspecified atom stereocenters. The summed E-state index contributed by atoms with van der Waals surface area (Å²) in [5.41, 5.74) is 1.10. The second-order valence-electron chi connectivity index (χ2n) is 3.18. The second-order valence-corrected chi connectivity index (χ2v) is 3.18. The topological polar surface area (TPSA) is 63.7 Å². The highest BCUT2D eigenvalue weighted by Gasteiger charge is 1.98. The number of nitrogens with zero attached hydrogens (tertiary/aromatic N) is 4. The van der Waals surface area contributed by atoms with E-state index in [0.29, 0.717) is 13.3 Å². The van der Waals surface area contributed by atoms with Crippen molar-refractivity contribution >= 4 is 0 Å². The van der Waals surface area contributed by atoms with Gasteiger partial charge in [-0.05, 0) is 5.56 Å². The summed E-state index contributed by atoms with van der Waals surface area (Å²) in [5.74, 6) is 0.156. The van der Waals surface area contributed by atoms with Crippen LogP contribution in [0.2, 0.25) is 0 Å². The summed E-state index contributed by atoms with van der Waals surface area (Å²) in [5, 5.41) is 12.4. The Morgan fingerprint density at radius 2 is 2.12 bits per heavy atom. The van der Waals surface area contributed by atoms with Crippen LogP contribution in [0.3, 0.4) is 0 Å². The predicted molar refractivity (Wildman–Crippen MR) is 56.0 cm³/mol. The fourth-order valence-corrected chi connectivity index (χ4v) is 1.24. The van der Waals surface area contributed by atoms with Crippen LogP contribution in [0.1, 0.15) is 11.4 Å². The first-order valence-electron chi connectivity index (χ1n) is 4.80. The van der Waals surface area contributed by atoms with Crippen LogP contribution in [0, 0.1) is 11.3 Å².